The zero-order valence-electron chi connectivity index (χ0n) is 14.8. The molecule has 2 aromatic carbocycles. The zero-order chi connectivity index (χ0) is 20.9. The van der Waals surface area contributed by atoms with E-state index < -0.39 is 42.3 Å². The van der Waals surface area contributed by atoms with Crippen molar-refractivity contribution in [2.24, 2.45) is 0 Å². The Morgan fingerprint density at radius 3 is 2.18 bits per heavy atom. The van der Waals surface area contributed by atoms with Crippen molar-refractivity contribution >= 4 is 31.5 Å². The Morgan fingerprint density at radius 2 is 1.61 bits per heavy atom. The van der Waals surface area contributed by atoms with E-state index in [0.717, 1.165) is 6.07 Å². The summed E-state index contributed by atoms with van der Waals surface area (Å²) in [6, 6.07) is 7.50. The van der Waals surface area contributed by atoms with Crippen LogP contribution in [0, 0.1) is 11.6 Å². The van der Waals surface area contributed by atoms with Crippen LogP contribution in [0.3, 0.4) is 0 Å². The number of sulfonamides is 1. The van der Waals surface area contributed by atoms with E-state index in [-0.39, 0.29) is 29.3 Å². The van der Waals surface area contributed by atoms with Gasteiger partial charge in [-0.25, -0.2) is 25.6 Å². The molecule has 152 valence electrons. The van der Waals surface area contributed by atoms with Crippen LogP contribution in [-0.2, 0) is 19.9 Å². The molecule has 0 spiro atoms. The minimum atomic E-state index is -4.14. The van der Waals surface area contributed by atoms with Crippen molar-refractivity contribution in [1.29, 1.82) is 0 Å². The van der Waals surface area contributed by atoms with Gasteiger partial charge in [-0.3, -0.25) is 9.52 Å². The highest BCUT2D eigenvalue weighted by atomic mass is 32.2. The highest BCUT2D eigenvalue weighted by molar-refractivity contribution is 7.92. The predicted molar refractivity (Wildman–Crippen MR) is 100 cm³/mol. The van der Waals surface area contributed by atoms with E-state index in [1.807, 2.05) is 0 Å². The van der Waals surface area contributed by atoms with Crippen LogP contribution in [0.5, 0.6) is 0 Å². The Morgan fingerprint density at radius 1 is 0.964 bits per heavy atom. The summed E-state index contributed by atoms with van der Waals surface area (Å²) in [6.07, 6.45) is 0. The molecule has 2 N–H and O–H groups in total. The average molecular weight is 432 g/mol. The standard InChI is InChI=1S/C17H18F2N2O5S2/c1-2-27(23,24)10-9-20-17(22)12-3-5-13(6-4-12)21-28(25,26)14-7-8-15(18)16(19)11-14/h3-8,11,21H,2,9-10H2,1H3,(H,20,22). The van der Waals surface area contributed by atoms with Gasteiger partial charge in [0.2, 0.25) is 0 Å². The molecule has 11 heteroatoms. The molecule has 0 aromatic heterocycles. The minimum Gasteiger partial charge on any atom is -0.351 e. The van der Waals surface area contributed by atoms with Crippen LogP contribution < -0.4 is 10.0 Å². The van der Waals surface area contributed by atoms with Gasteiger partial charge in [0.05, 0.1) is 10.6 Å². The van der Waals surface area contributed by atoms with Gasteiger partial charge < -0.3 is 5.32 Å². The molecule has 0 heterocycles. The number of amides is 1. The Balaban J connectivity index is 2.03. The molecule has 0 atom stereocenters. The number of carbonyl (C=O) groups excluding carboxylic acids is 1. The van der Waals surface area contributed by atoms with Gasteiger partial charge in [-0.1, -0.05) is 6.92 Å². The maximum atomic E-state index is 13.2. The van der Waals surface area contributed by atoms with E-state index in [1.165, 1.54) is 31.2 Å². The molecule has 1 amide bonds. The summed E-state index contributed by atoms with van der Waals surface area (Å²) in [5.74, 6) is -3.17. The second-order valence-corrected chi connectivity index (χ2v) is 9.91. The lowest BCUT2D eigenvalue weighted by molar-refractivity contribution is 0.0956. The van der Waals surface area contributed by atoms with Crippen LogP contribution in [0.25, 0.3) is 0 Å². The number of anilines is 1. The number of rotatable bonds is 8. The molecule has 0 aliphatic heterocycles. The molecular weight excluding hydrogens is 414 g/mol. The lowest BCUT2D eigenvalue weighted by atomic mass is 10.2. The molecule has 2 aromatic rings. The van der Waals surface area contributed by atoms with Crippen molar-refractivity contribution in [2.45, 2.75) is 11.8 Å². The highest BCUT2D eigenvalue weighted by Gasteiger charge is 2.17. The van der Waals surface area contributed by atoms with Gasteiger partial charge in [0.1, 0.15) is 0 Å². The fourth-order valence-electron chi connectivity index (χ4n) is 2.11. The number of halogens is 2. The molecule has 0 radical (unpaired) electrons. The number of sulfone groups is 1. The first-order valence-electron chi connectivity index (χ1n) is 8.10. The number of hydrogen-bond acceptors (Lipinski definition) is 5. The average Bonchev–Trinajstić information content (AvgIpc) is 2.64. The molecule has 28 heavy (non-hydrogen) atoms. The minimum absolute atomic E-state index is 0.0182. The lowest BCUT2D eigenvalue weighted by Crippen LogP contribution is -2.29. The van der Waals surface area contributed by atoms with E-state index >= 15 is 0 Å². The fraction of sp³-hybridized carbons (Fsp3) is 0.235. The van der Waals surface area contributed by atoms with Crippen molar-refractivity contribution in [3.63, 3.8) is 0 Å². The number of nitrogens with one attached hydrogen (secondary N) is 2. The Hall–Kier alpha value is -2.53. The van der Waals surface area contributed by atoms with Crippen LogP contribution in [0.1, 0.15) is 17.3 Å². The predicted octanol–water partition coefficient (Wildman–Crippen LogP) is 1.93. The highest BCUT2D eigenvalue weighted by Crippen LogP contribution is 2.18. The summed E-state index contributed by atoms with van der Waals surface area (Å²) in [6.45, 7) is 1.47. The summed E-state index contributed by atoms with van der Waals surface area (Å²) in [5.41, 5.74) is 0.305. The third-order valence-electron chi connectivity index (χ3n) is 3.74. The summed E-state index contributed by atoms with van der Waals surface area (Å²) in [5, 5.41) is 2.46. The molecule has 0 bridgehead atoms. The molecule has 0 unspecified atom stereocenters. The van der Waals surface area contributed by atoms with E-state index in [1.54, 1.807) is 0 Å². The molecule has 0 saturated carbocycles. The second kappa shape index (κ2) is 8.65. The summed E-state index contributed by atoms with van der Waals surface area (Å²) < 4.78 is 75.6. The van der Waals surface area contributed by atoms with Crippen molar-refractivity contribution in [3.05, 3.63) is 59.7 Å². The summed E-state index contributed by atoms with van der Waals surface area (Å²) in [4.78, 5) is 11.5. The molecule has 2 rings (SSSR count). The van der Waals surface area contributed by atoms with Crippen molar-refractivity contribution in [3.8, 4) is 0 Å². The van der Waals surface area contributed by atoms with E-state index in [0.29, 0.717) is 12.1 Å². The zero-order valence-corrected chi connectivity index (χ0v) is 16.4. The maximum Gasteiger partial charge on any atom is 0.261 e. The monoisotopic (exact) mass is 432 g/mol. The number of benzene rings is 2. The first-order chi connectivity index (χ1) is 13.0. The first-order valence-corrected chi connectivity index (χ1v) is 11.4. The van der Waals surface area contributed by atoms with Crippen molar-refractivity contribution < 1.29 is 30.4 Å². The van der Waals surface area contributed by atoms with E-state index in [9.17, 15) is 30.4 Å². The van der Waals surface area contributed by atoms with E-state index in [2.05, 4.69) is 10.0 Å². The largest absolute Gasteiger partial charge is 0.351 e. The number of carbonyl (C=O) groups is 1. The molecule has 0 fully saturated rings. The van der Waals surface area contributed by atoms with Crippen molar-refractivity contribution in [2.75, 3.05) is 22.8 Å². The first kappa shape index (κ1) is 21.8. The SMILES string of the molecule is CCS(=O)(=O)CCNC(=O)c1ccc(NS(=O)(=O)c2ccc(F)c(F)c2)cc1. The quantitative estimate of drug-likeness (QED) is 0.663. The Labute approximate surface area is 161 Å². The van der Waals surface area contributed by atoms with E-state index in [4.69, 9.17) is 0 Å². The summed E-state index contributed by atoms with van der Waals surface area (Å²) in [7, 11) is -7.34. The number of hydrogen-bond donors (Lipinski definition) is 2. The molecule has 0 saturated heterocycles. The topological polar surface area (TPSA) is 109 Å². The summed E-state index contributed by atoms with van der Waals surface area (Å²) >= 11 is 0. The molecule has 0 aliphatic carbocycles. The van der Waals surface area contributed by atoms with Crippen molar-refractivity contribution in [1.82, 2.24) is 5.32 Å². The maximum absolute atomic E-state index is 13.2. The second-order valence-electron chi connectivity index (χ2n) is 5.75. The van der Waals surface area contributed by atoms with Crippen LogP contribution in [0.4, 0.5) is 14.5 Å². The van der Waals surface area contributed by atoms with Gasteiger partial charge in [0.25, 0.3) is 15.9 Å². The van der Waals surface area contributed by atoms with Crippen LogP contribution in [0.15, 0.2) is 47.4 Å². The normalized spacial score (nSPS) is 11.8. The molecule has 7 nitrogen and oxygen atoms in total. The lowest BCUT2D eigenvalue weighted by Gasteiger charge is -2.09. The van der Waals surface area contributed by atoms with Gasteiger partial charge in [-0.15, -0.1) is 0 Å². The van der Waals surface area contributed by atoms with Crippen LogP contribution in [-0.4, -0.2) is 40.8 Å². The fourth-order valence-corrected chi connectivity index (χ4v) is 3.89. The third-order valence-corrected chi connectivity index (χ3v) is 6.82. The van der Waals surface area contributed by atoms with Gasteiger partial charge in [0, 0.05) is 23.5 Å². The van der Waals surface area contributed by atoms with Gasteiger partial charge in [-0.05, 0) is 42.5 Å². The molecular formula is C17H18F2N2O5S2. The van der Waals surface area contributed by atoms with Crippen LogP contribution in [0.2, 0.25) is 0 Å². The smallest absolute Gasteiger partial charge is 0.261 e. The van der Waals surface area contributed by atoms with Gasteiger partial charge in [0.15, 0.2) is 21.5 Å². The van der Waals surface area contributed by atoms with Gasteiger partial charge >= 0.3 is 0 Å². The van der Waals surface area contributed by atoms with Crippen LogP contribution >= 0.6 is 0 Å². The molecule has 0 aliphatic rings. The Kier molecular flexibility index (Phi) is 6.73. The third kappa shape index (κ3) is 5.73. The van der Waals surface area contributed by atoms with Gasteiger partial charge in [-0.2, -0.15) is 0 Å². The Bertz CT molecular complexity index is 1070.